The molecule has 0 fully saturated rings. The lowest BCUT2D eigenvalue weighted by Gasteiger charge is -2.24. The number of unbranched alkanes of at least 4 members (excludes halogenated alkanes) is 27. The summed E-state index contributed by atoms with van der Waals surface area (Å²) < 4.78 is 34.7. The van der Waals surface area contributed by atoms with Crippen LogP contribution in [0.3, 0.4) is 0 Å². The van der Waals surface area contributed by atoms with Crippen molar-refractivity contribution in [1.82, 2.24) is 0 Å². The van der Waals surface area contributed by atoms with Gasteiger partial charge in [0.05, 0.1) is 27.7 Å². The molecule has 0 aromatic rings. The molecule has 0 heterocycles. The zero-order chi connectivity index (χ0) is 66.9. The second-order valence-electron chi connectivity index (χ2n) is 25.6. The largest absolute Gasteiger partial charge is 0.472 e. The van der Waals surface area contributed by atoms with Crippen molar-refractivity contribution in [3.63, 3.8) is 0 Å². The van der Waals surface area contributed by atoms with Gasteiger partial charge in [-0.1, -0.05) is 313 Å². The second-order valence-corrected chi connectivity index (χ2v) is 27.0. The molecule has 9 nitrogen and oxygen atoms in total. The molecule has 0 radical (unpaired) electrons. The molecule has 1 N–H and O–H groups in total. The van der Waals surface area contributed by atoms with E-state index < -0.39 is 26.5 Å². The average molecular weight is 1300 g/mol. The number of rotatable bonds is 67. The molecule has 0 rings (SSSR count). The number of hydrogen-bond donors (Lipinski definition) is 1. The Balaban J connectivity index is 4.14. The van der Waals surface area contributed by atoms with Crippen molar-refractivity contribution >= 4 is 19.8 Å². The Kier molecular flexibility index (Phi) is 67.6. The number of hydrogen-bond acceptors (Lipinski definition) is 7. The van der Waals surface area contributed by atoms with E-state index in [2.05, 4.69) is 172 Å². The summed E-state index contributed by atoms with van der Waals surface area (Å²) in [5.41, 5.74) is 0. The molecule has 524 valence electrons. The third-order valence-electron chi connectivity index (χ3n) is 15.5. The average Bonchev–Trinajstić information content (AvgIpc) is 2.23. The van der Waals surface area contributed by atoms with E-state index in [0.717, 1.165) is 122 Å². The first-order chi connectivity index (χ1) is 45.0. The molecule has 0 aromatic carbocycles. The number of phosphoric ester groups is 1. The first-order valence-electron chi connectivity index (χ1n) is 37.2. The SMILES string of the molecule is CC/C=C\C/C=C\C/C=C\C/C=C\C/C=C\C/C=C\C/C=C\C/C=C\C/C=C\C/C=C\C/C=C\C/C=C\CCCCCCC(=O)OC(COC(=O)CCCCCCCCCCCCCCCCC/C=C\CCCCCCCCCC)COP(=O)(O)OCC[N+](C)(C)C. The minimum atomic E-state index is -4.41. The molecular formula is C82H139NO8P+. The smallest absolute Gasteiger partial charge is 0.462 e. The van der Waals surface area contributed by atoms with Crippen molar-refractivity contribution in [1.29, 1.82) is 0 Å². The summed E-state index contributed by atoms with van der Waals surface area (Å²) in [5.74, 6) is -0.828. The first kappa shape index (κ1) is 87.6. The van der Waals surface area contributed by atoms with Gasteiger partial charge in [-0.2, -0.15) is 0 Å². The number of carbonyl (C=O) groups is 2. The van der Waals surface area contributed by atoms with E-state index in [4.69, 9.17) is 18.5 Å². The molecule has 2 atom stereocenters. The normalized spacial score (nSPS) is 14.0. The topological polar surface area (TPSA) is 108 Å². The molecule has 0 saturated carbocycles. The Morgan fingerprint density at radius 3 is 0.935 bits per heavy atom. The number of likely N-dealkylation sites (N-methyl/N-ethyl adjacent to an activating group) is 1. The fourth-order valence-corrected chi connectivity index (χ4v) is 10.6. The van der Waals surface area contributed by atoms with Crippen LogP contribution in [0, 0.1) is 0 Å². The summed E-state index contributed by atoms with van der Waals surface area (Å²) in [7, 11) is 1.45. The van der Waals surface area contributed by atoms with Crippen LogP contribution in [-0.2, 0) is 32.7 Å². The van der Waals surface area contributed by atoms with Crippen molar-refractivity contribution in [3.05, 3.63) is 158 Å². The molecule has 0 bridgehead atoms. The van der Waals surface area contributed by atoms with E-state index in [0.29, 0.717) is 17.4 Å². The van der Waals surface area contributed by atoms with Crippen LogP contribution in [0.1, 0.15) is 296 Å². The van der Waals surface area contributed by atoms with Gasteiger partial charge in [-0.15, -0.1) is 0 Å². The van der Waals surface area contributed by atoms with Crippen molar-refractivity contribution in [3.8, 4) is 0 Å². The highest BCUT2D eigenvalue weighted by atomic mass is 31.2. The number of allylic oxidation sites excluding steroid dienone is 26. The Morgan fingerprint density at radius 1 is 0.348 bits per heavy atom. The van der Waals surface area contributed by atoms with Crippen LogP contribution >= 0.6 is 7.82 Å². The molecule has 10 heteroatoms. The molecule has 0 aliphatic carbocycles. The van der Waals surface area contributed by atoms with Gasteiger partial charge in [-0.3, -0.25) is 18.6 Å². The lowest BCUT2D eigenvalue weighted by atomic mass is 10.0. The Hall–Kier alpha value is -4.37. The minimum Gasteiger partial charge on any atom is -0.462 e. The third kappa shape index (κ3) is 74.7. The molecule has 0 amide bonds. The van der Waals surface area contributed by atoms with Crippen molar-refractivity contribution < 1.29 is 42.1 Å². The zero-order valence-electron chi connectivity index (χ0n) is 59.7. The zero-order valence-corrected chi connectivity index (χ0v) is 60.6. The van der Waals surface area contributed by atoms with Gasteiger partial charge in [0.15, 0.2) is 6.10 Å². The van der Waals surface area contributed by atoms with E-state index in [1.165, 1.54) is 141 Å². The summed E-state index contributed by atoms with van der Waals surface area (Å²) in [6.45, 7) is 4.30. The molecule has 0 spiro atoms. The van der Waals surface area contributed by atoms with Crippen LogP contribution in [0.4, 0.5) is 0 Å². The third-order valence-corrected chi connectivity index (χ3v) is 16.5. The number of carbonyl (C=O) groups excluding carboxylic acids is 2. The first-order valence-corrected chi connectivity index (χ1v) is 38.7. The summed E-state index contributed by atoms with van der Waals surface area (Å²) >= 11 is 0. The van der Waals surface area contributed by atoms with Crippen LogP contribution in [0.5, 0.6) is 0 Å². The Morgan fingerprint density at radius 2 is 0.620 bits per heavy atom. The minimum absolute atomic E-state index is 0.0195. The Labute approximate surface area is 566 Å². The molecule has 0 aliphatic heterocycles. The fraction of sp³-hybridized carbons (Fsp3) is 0.659. The molecular weight excluding hydrogens is 1160 g/mol. The number of esters is 2. The van der Waals surface area contributed by atoms with Gasteiger partial charge >= 0.3 is 19.8 Å². The van der Waals surface area contributed by atoms with Crippen molar-refractivity contribution in [2.24, 2.45) is 0 Å². The predicted octanol–water partition coefficient (Wildman–Crippen LogP) is 24.7. The standard InChI is InChI=1S/C82H138NO8P/c1-6-8-10-12-14-16-18-20-22-24-26-28-30-32-34-35-36-37-38-39-40-41-42-43-44-45-46-47-49-51-53-55-57-59-61-63-65-67-69-71-73-75-82(85)91-80(79-90-92(86,87)89-77-76-83(3,4)5)78-88-81(84)74-72-70-68-66-64-62-60-58-56-54-52-50-48-33-31-29-27-25-23-21-19-17-15-13-11-9-7-2/h8,10,14,16,20,22,25-28,32,34,36-37,39-40,42-43,45-46,49,51,55,57,61,63,80H,6-7,9,11-13,15,17-19,21,23-24,29-31,33,35,38,41,44,47-48,50,52-54,56,58-60,62,64-79H2,1-5H3/p+1/b10-8-,16-14-,22-20-,27-25-,28-26-,34-32-,37-36-,40-39-,43-42-,46-45-,51-49-,57-55-,63-61-. The maximum absolute atomic E-state index is 12.9. The summed E-state index contributed by atoms with van der Waals surface area (Å²) in [4.78, 5) is 35.9. The highest BCUT2D eigenvalue weighted by Crippen LogP contribution is 2.43. The number of ether oxygens (including phenoxy) is 2. The monoisotopic (exact) mass is 1300 g/mol. The highest BCUT2D eigenvalue weighted by molar-refractivity contribution is 7.47. The van der Waals surface area contributed by atoms with Crippen molar-refractivity contribution in [2.45, 2.75) is 302 Å². The van der Waals surface area contributed by atoms with Gasteiger partial charge in [0.1, 0.15) is 19.8 Å². The van der Waals surface area contributed by atoms with E-state index >= 15 is 0 Å². The number of quaternary nitrogens is 1. The summed E-state index contributed by atoms with van der Waals surface area (Å²) in [6, 6.07) is 0. The lowest BCUT2D eigenvalue weighted by Crippen LogP contribution is -2.37. The molecule has 0 aromatic heterocycles. The van der Waals surface area contributed by atoms with Gasteiger partial charge < -0.3 is 18.9 Å². The van der Waals surface area contributed by atoms with Crippen LogP contribution in [0.2, 0.25) is 0 Å². The Bertz CT molecular complexity index is 2110. The molecule has 92 heavy (non-hydrogen) atoms. The molecule has 2 unspecified atom stereocenters. The van der Waals surface area contributed by atoms with Crippen molar-refractivity contribution in [2.75, 3.05) is 47.5 Å². The number of nitrogens with zero attached hydrogens (tertiary/aromatic N) is 1. The summed E-state index contributed by atoms with van der Waals surface area (Å²) in [5, 5.41) is 0. The van der Waals surface area contributed by atoms with Gasteiger partial charge in [0, 0.05) is 12.8 Å². The second kappa shape index (κ2) is 70.9. The van der Waals surface area contributed by atoms with Crippen LogP contribution in [-0.4, -0.2) is 74.9 Å². The quantitative estimate of drug-likeness (QED) is 0.0211. The lowest BCUT2D eigenvalue weighted by molar-refractivity contribution is -0.870. The van der Waals surface area contributed by atoms with Crippen LogP contribution < -0.4 is 0 Å². The fourth-order valence-electron chi connectivity index (χ4n) is 9.88. The van der Waals surface area contributed by atoms with Crippen LogP contribution in [0.15, 0.2) is 158 Å². The van der Waals surface area contributed by atoms with E-state index in [1.54, 1.807) is 0 Å². The van der Waals surface area contributed by atoms with Gasteiger partial charge in [0.25, 0.3) is 0 Å². The molecule has 0 aliphatic rings. The van der Waals surface area contributed by atoms with Gasteiger partial charge in [0.2, 0.25) is 0 Å². The molecule has 0 saturated heterocycles. The number of phosphoric acid groups is 1. The maximum atomic E-state index is 12.9. The van der Waals surface area contributed by atoms with Gasteiger partial charge in [-0.25, -0.2) is 4.57 Å². The summed E-state index contributed by atoms with van der Waals surface area (Å²) in [6.07, 6.45) is 106. The van der Waals surface area contributed by atoms with E-state index in [9.17, 15) is 19.0 Å². The highest BCUT2D eigenvalue weighted by Gasteiger charge is 2.27. The predicted molar refractivity (Wildman–Crippen MR) is 399 cm³/mol. The van der Waals surface area contributed by atoms with E-state index in [1.807, 2.05) is 21.1 Å². The van der Waals surface area contributed by atoms with E-state index in [-0.39, 0.29) is 32.0 Å². The van der Waals surface area contributed by atoms with Gasteiger partial charge in [-0.05, 0) is 128 Å². The maximum Gasteiger partial charge on any atom is 0.472 e. The van der Waals surface area contributed by atoms with Crippen LogP contribution in [0.25, 0.3) is 0 Å².